The second-order valence-corrected chi connectivity index (χ2v) is 5.27. The minimum Gasteiger partial charge on any atom is -0.457 e. The number of carbonyl (C=O) groups is 2. The maximum absolute atomic E-state index is 11.7. The molecule has 130 valence electrons. The number of hydrogen-bond acceptors (Lipinski definition) is 7. The average Bonchev–Trinajstić information content (AvgIpc) is 2.97. The van der Waals surface area contributed by atoms with Crippen molar-refractivity contribution in [3.05, 3.63) is 23.7 Å². The van der Waals surface area contributed by atoms with Crippen molar-refractivity contribution in [2.45, 2.75) is 39.9 Å². The minimum absolute atomic E-state index is 0.0556. The van der Waals surface area contributed by atoms with Crippen LogP contribution in [0.1, 0.15) is 48.8 Å². The topological polar surface area (TPSA) is 84.2 Å². The van der Waals surface area contributed by atoms with E-state index < -0.39 is 11.9 Å². The van der Waals surface area contributed by atoms with E-state index in [0.29, 0.717) is 13.2 Å². The van der Waals surface area contributed by atoms with Crippen molar-refractivity contribution in [1.29, 1.82) is 0 Å². The van der Waals surface area contributed by atoms with Crippen LogP contribution in [-0.2, 0) is 18.9 Å². The van der Waals surface area contributed by atoms with E-state index in [4.69, 9.17) is 23.4 Å². The van der Waals surface area contributed by atoms with Gasteiger partial charge in [-0.1, -0.05) is 0 Å². The summed E-state index contributed by atoms with van der Waals surface area (Å²) >= 11 is 0. The van der Waals surface area contributed by atoms with Gasteiger partial charge in [0.25, 0.3) is 0 Å². The molecular formula is C16H24O7. The summed E-state index contributed by atoms with van der Waals surface area (Å²) in [5, 5.41) is 0. The van der Waals surface area contributed by atoms with Crippen LogP contribution in [0.25, 0.3) is 0 Å². The van der Waals surface area contributed by atoms with Gasteiger partial charge in [0.1, 0.15) is 13.2 Å². The lowest BCUT2D eigenvalue weighted by molar-refractivity contribution is 0.0129. The normalized spacial score (nSPS) is 11.0. The van der Waals surface area contributed by atoms with Crippen LogP contribution in [0.15, 0.2) is 16.5 Å². The van der Waals surface area contributed by atoms with Crippen molar-refractivity contribution in [3.63, 3.8) is 0 Å². The molecule has 1 heterocycles. The molecular weight excluding hydrogens is 304 g/mol. The van der Waals surface area contributed by atoms with Crippen LogP contribution < -0.4 is 0 Å². The first kappa shape index (κ1) is 19.2. The SMILES string of the molecule is CC(C)OCCOC(=O)c1ccc(C(=O)OCCOC(C)C)o1. The van der Waals surface area contributed by atoms with Crippen LogP contribution in [0, 0.1) is 0 Å². The molecule has 0 spiro atoms. The number of esters is 2. The van der Waals surface area contributed by atoms with Gasteiger partial charge < -0.3 is 23.4 Å². The molecule has 0 unspecified atom stereocenters. The predicted octanol–water partition coefficient (Wildman–Crippen LogP) is 2.44. The van der Waals surface area contributed by atoms with Gasteiger partial charge in [-0.05, 0) is 39.8 Å². The van der Waals surface area contributed by atoms with Gasteiger partial charge >= 0.3 is 11.9 Å². The van der Waals surface area contributed by atoms with E-state index in [1.165, 1.54) is 12.1 Å². The van der Waals surface area contributed by atoms with Crippen molar-refractivity contribution >= 4 is 11.9 Å². The molecule has 0 fully saturated rings. The first-order chi connectivity index (χ1) is 10.9. The molecule has 7 nitrogen and oxygen atoms in total. The highest BCUT2D eigenvalue weighted by Crippen LogP contribution is 2.10. The third kappa shape index (κ3) is 7.80. The van der Waals surface area contributed by atoms with Crippen LogP contribution in [0.2, 0.25) is 0 Å². The maximum Gasteiger partial charge on any atom is 0.374 e. The molecule has 0 aliphatic heterocycles. The summed E-state index contributed by atoms with van der Waals surface area (Å²) in [4.78, 5) is 23.4. The zero-order valence-corrected chi connectivity index (χ0v) is 14.0. The molecule has 0 aromatic carbocycles. The highest BCUT2D eigenvalue weighted by Gasteiger charge is 2.17. The van der Waals surface area contributed by atoms with Crippen molar-refractivity contribution in [3.8, 4) is 0 Å². The number of hydrogen-bond donors (Lipinski definition) is 0. The average molecular weight is 328 g/mol. The van der Waals surface area contributed by atoms with E-state index in [-0.39, 0.29) is 36.9 Å². The van der Waals surface area contributed by atoms with Crippen molar-refractivity contribution < 1.29 is 33.0 Å². The molecule has 0 bridgehead atoms. The van der Waals surface area contributed by atoms with Gasteiger partial charge in [-0.15, -0.1) is 0 Å². The number of ether oxygens (including phenoxy) is 4. The van der Waals surface area contributed by atoms with E-state index in [1.54, 1.807) is 0 Å². The standard InChI is InChI=1S/C16H24O7/c1-11(2)19-7-9-21-15(17)13-5-6-14(23-13)16(18)22-10-8-20-12(3)4/h5-6,11-12H,7-10H2,1-4H3. The molecule has 0 radical (unpaired) electrons. The number of furan rings is 1. The highest BCUT2D eigenvalue weighted by atomic mass is 16.6. The molecule has 0 N–H and O–H groups in total. The van der Waals surface area contributed by atoms with Gasteiger partial charge in [0.05, 0.1) is 25.4 Å². The van der Waals surface area contributed by atoms with Crippen LogP contribution in [-0.4, -0.2) is 50.6 Å². The first-order valence-electron chi connectivity index (χ1n) is 7.57. The van der Waals surface area contributed by atoms with Gasteiger partial charge in [0, 0.05) is 0 Å². The largest absolute Gasteiger partial charge is 0.457 e. The van der Waals surface area contributed by atoms with Gasteiger partial charge in [0.15, 0.2) is 0 Å². The monoisotopic (exact) mass is 328 g/mol. The summed E-state index contributed by atoms with van der Waals surface area (Å²) in [5.41, 5.74) is 0. The Kier molecular flexibility index (Phi) is 8.36. The summed E-state index contributed by atoms with van der Waals surface area (Å²) in [7, 11) is 0. The van der Waals surface area contributed by atoms with Crippen LogP contribution >= 0.6 is 0 Å². The Morgan fingerprint density at radius 3 is 1.57 bits per heavy atom. The molecule has 1 rings (SSSR count). The number of carbonyl (C=O) groups excluding carboxylic acids is 2. The fourth-order valence-electron chi connectivity index (χ4n) is 1.54. The Balaban J connectivity index is 2.35. The Hall–Kier alpha value is -1.86. The third-order valence-electron chi connectivity index (χ3n) is 2.54. The smallest absolute Gasteiger partial charge is 0.374 e. The van der Waals surface area contributed by atoms with Crippen molar-refractivity contribution in [2.75, 3.05) is 26.4 Å². The fourth-order valence-corrected chi connectivity index (χ4v) is 1.54. The number of rotatable bonds is 10. The molecule has 0 aliphatic carbocycles. The van der Waals surface area contributed by atoms with Gasteiger partial charge in [-0.2, -0.15) is 0 Å². The molecule has 0 atom stereocenters. The summed E-state index contributed by atoms with van der Waals surface area (Å²) in [6.45, 7) is 8.38. The lowest BCUT2D eigenvalue weighted by atomic mass is 10.4. The third-order valence-corrected chi connectivity index (χ3v) is 2.54. The molecule has 0 saturated carbocycles. The Morgan fingerprint density at radius 1 is 0.826 bits per heavy atom. The Morgan fingerprint density at radius 2 is 1.22 bits per heavy atom. The predicted molar refractivity (Wildman–Crippen MR) is 81.4 cm³/mol. The van der Waals surface area contributed by atoms with Crippen LogP contribution in [0.3, 0.4) is 0 Å². The molecule has 23 heavy (non-hydrogen) atoms. The first-order valence-corrected chi connectivity index (χ1v) is 7.57. The summed E-state index contributed by atoms with van der Waals surface area (Å²) in [6.07, 6.45) is 0.136. The van der Waals surface area contributed by atoms with Crippen LogP contribution in [0.4, 0.5) is 0 Å². The minimum atomic E-state index is -0.653. The lowest BCUT2D eigenvalue weighted by Gasteiger charge is -2.07. The summed E-state index contributed by atoms with van der Waals surface area (Å²) in [6, 6.07) is 2.74. The summed E-state index contributed by atoms with van der Waals surface area (Å²) in [5.74, 6) is -1.42. The Labute approximate surface area is 135 Å². The van der Waals surface area contributed by atoms with Crippen molar-refractivity contribution in [1.82, 2.24) is 0 Å². The van der Waals surface area contributed by atoms with Gasteiger partial charge in [-0.3, -0.25) is 0 Å². The van der Waals surface area contributed by atoms with E-state index >= 15 is 0 Å². The Bertz CT molecular complexity index is 448. The fraction of sp³-hybridized carbons (Fsp3) is 0.625. The van der Waals surface area contributed by atoms with Crippen molar-refractivity contribution in [2.24, 2.45) is 0 Å². The summed E-state index contributed by atoms with van der Waals surface area (Å²) < 4.78 is 25.6. The second-order valence-electron chi connectivity index (χ2n) is 5.27. The highest BCUT2D eigenvalue weighted by molar-refractivity contribution is 5.90. The van der Waals surface area contributed by atoms with Gasteiger partial charge in [-0.25, -0.2) is 9.59 Å². The molecule has 7 heteroatoms. The zero-order valence-electron chi connectivity index (χ0n) is 14.0. The van der Waals surface area contributed by atoms with E-state index in [0.717, 1.165) is 0 Å². The lowest BCUT2D eigenvalue weighted by Crippen LogP contribution is -2.14. The molecule has 0 aliphatic rings. The van der Waals surface area contributed by atoms with Crippen LogP contribution in [0.5, 0.6) is 0 Å². The van der Waals surface area contributed by atoms with E-state index in [1.807, 2.05) is 27.7 Å². The molecule has 1 aromatic rings. The quantitative estimate of drug-likeness (QED) is 0.482. The molecule has 0 amide bonds. The maximum atomic E-state index is 11.7. The van der Waals surface area contributed by atoms with E-state index in [2.05, 4.69) is 0 Å². The van der Waals surface area contributed by atoms with Gasteiger partial charge in [0.2, 0.25) is 11.5 Å². The molecule has 0 saturated heterocycles. The zero-order chi connectivity index (χ0) is 17.2. The molecule has 1 aromatic heterocycles. The second kappa shape index (κ2) is 10.0. The van der Waals surface area contributed by atoms with E-state index in [9.17, 15) is 9.59 Å².